The van der Waals surface area contributed by atoms with Gasteiger partial charge in [0.1, 0.15) is 0 Å². The second-order valence-electron chi connectivity index (χ2n) is 7.06. The third-order valence-corrected chi connectivity index (χ3v) is 5.05. The number of ether oxygens (including phenoxy) is 3. The Hall–Kier alpha value is -2.90. The van der Waals surface area contributed by atoms with Gasteiger partial charge in [-0.1, -0.05) is 41.6 Å². The summed E-state index contributed by atoms with van der Waals surface area (Å²) in [4.78, 5) is 6.66. The molecule has 0 radical (unpaired) electrons. The fourth-order valence-corrected chi connectivity index (χ4v) is 3.71. The van der Waals surface area contributed by atoms with E-state index < -0.39 is 0 Å². The van der Waals surface area contributed by atoms with Crippen LogP contribution in [0.5, 0.6) is 11.5 Å². The molecular weight excluding hydrogens is 358 g/mol. The van der Waals surface area contributed by atoms with E-state index in [2.05, 4.69) is 27.2 Å². The molecule has 1 fully saturated rings. The Labute approximate surface area is 162 Å². The Bertz CT molecular complexity index is 959. The molecule has 0 saturated carbocycles. The van der Waals surface area contributed by atoms with Gasteiger partial charge >= 0.3 is 0 Å². The maximum absolute atomic E-state index is 6.49. The number of aryl methyl sites for hydroxylation is 1. The smallest absolute Gasteiger partial charge is 0.231 e. The lowest BCUT2D eigenvalue weighted by atomic mass is 10.0. The van der Waals surface area contributed by atoms with E-state index in [0.717, 1.165) is 35.7 Å². The van der Waals surface area contributed by atoms with E-state index in [9.17, 15) is 0 Å². The zero-order chi connectivity index (χ0) is 18.9. The largest absolute Gasteiger partial charge is 0.454 e. The van der Waals surface area contributed by atoms with Crippen LogP contribution in [0.4, 0.5) is 0 Å². The monoisotopic (exact) mass is 379 g/mol. The predicted molar refractivity (Wildman–Crippen MR) is 99.9 cm³/mol. The van der Waals surface area contributed by atoms with Crippen LogP contribution in [0.3, 0.4) is 0 Å². The molecule has 1 aromatic heterocycles. The fraction of sp³-hybridized carbons (Fsp3) is 0.333. The molecule has 2 atom stereocenters. The van der Waals surface area contributed by atoms with Gasteiger partial charge in [-0.25, -0.2) is 0 Å². The minimum absolute atomic E-state index is 0.0432. The highest BCUT2D eigenvalue weighted by molar-refractivity contribution is 5.45. The van der Waals surface area contributed by atoms with Gasteiger partial charge in [0, 0.05) is 20.0 Å². The van der Waals surface area contributed by atoms with Crippen LogP contribution < -0.4 is 9.47 Å². The number of hydrogen-bond donors (Lipinski definition) is 0. The highest BCUT2D eigenvalue weighted by Crippen LogP contribution is 2.38. The molecule has 0 bridgehead atoms. The van der Waals surface area contributed by atoms with Crippen molar-refractivity contribution in [3.05, 3.63) is 71.4 Å². The van der Waals surface area contributed by atoms with Crippen LogP contribution in [0, 0.1) is 6.92 Å². The topological polar surface area (TPSA) is 69.9 Å². The van der Waals surface area contributed by atoms with Crippen molar-refractivity contribution < 1.29 is 18.7 Å². The molecule has 2 aliphatic rings. The van der Waals surface area contributed by atoms with Crippen LogP contribution >= 0.6 is 0 Å². The molecule has 3 heterocycles. The van der Waals surface area contributed by atoms with Crippen molar-refractivity contribution in [2.24, 2.45) is 0 Å². The van der Waals surface area contributed by atoms with Crippen LogP contribution in [-0.2, 0) is 11.3 Å². The molecule has 7 nitrogen and oxygen atoms in total. The van der Waals surface area contributed by atoms with Gasteiger partial charge in [-0.15, -0.1) is 0 Å². The number of aromatic nitrogens is 2. The van der Waals surface area contributed by atoms with Crippen LogP contribution in [0.2, 0.25) is 0 Å². The summed E-state index contributed by atoms with van der Waals surface area (Å²) in [6.45, 7) is 4.18. The highest BCUT2D eigenvalue weighted by Gasteiger charge is 2.31. The lowest BCUT2D eigenvalue weighted by Crippen LogP contribution is -2.40. The summed E-state index contributed by atoms with van der Waals surface area (Å²) < 4.78 is 22.6. The molecule has 3 aromatic rings. The maximum atomic E-state index is 6.49. The second-order valence-corrected chi connectivity index (χ2v) is 7.06. The first-order chi connectivity index (χ1) is 13.7. The molecule has 0 spiro atoms. The van der Waals surface area contributed by atoms with Crippen LogP contribution in [0.15, 0.2) is 53.1 Å². The van der Waals surface area contributed by atoms with E-state index in [1.807, 2.05) is 36.4 Å². The molecule has 0 unspecified atom stereocenters. The van der Waals surface area contributed by atoms with E-state index in [4.69, 9.17) is 18.7 Å². The minimum Gasteiger partial charge on any atom is -0.454 e. The van der Waals surface area contributed by atoms with Crippen molar-refractivity contribution in [1.29, 1.82) is 0 Å². The Balaban J connectivity index is 1.42. The van der Waals surface area contributed by atoms with Gasteiger partial charge in [-0.05, 0) is 23.3 Å². The first-order valence-electron chi connectivity index (χ1n) is 9.36. The predicted octanol–water partition coefficient (Wildman–Crippen LogP) is 3.42. The molecule has 144 valence electrons. The second kappa shape index (κ2) is 7.26. The lowest BCUT2D eigenvalue weighted by Gasteiger charge is -2.38. The van der Waals surface area contributed by atoms with Crippen LogP contribution in [0.1, 0.15) is 35.0 Å². The van der Waals surface area contributed by atoms with Crippen molar-refractivity contribution in [2.45, 2.75) is 25.7 Å². The third kappa shape index (κ3) is 3.46. The number of morpholine rings is 1. The molecule has 2 aromatic carbocycles. The van der Waals surface area contributed by atoms with Gasteiger partial charge in [-0.3, -0.25) is 4.90 Å². The first-order valence-corrected chi connectivity index (χ1v) is 9.36. The third-order valence-electron chi connectivity index (χ3n) is 5.05. The summed E-state index contributed by atoms with van der Waals surface area (Å²) in [5.74, 6) is 2.81. The van der Waals surface area contributed by atoms with Crippen LogP contribution in [-0.4, -0.2) is 34.9 Å². The Morgan fingerprint density at radius 2 is 1.75 bits per heavy atom. The molecule has 2 aliphatic heterocycles. The number of fused-ring (bicyclic) bond motifs is 1. The van der Waals surface area contributed by atoms with Crippen molar-refractivity contribution >= 4 is 0 Å². The summed E-state index contributed by atoms with van der Waals surface area (Å²) in [5.41, 5.74) is 2.22. The van der Waals surface area contributed by atoms with Gasteiger partial charge in [0.05, 0.1) is 18.8 Å². The molecule has 0 N–H and O–H groups in total. The standard InChI is InChI=1S/C21H21N3O4/c1-14-22-21(23-28-14)12-24-10-19(15-5-3-2-4-6-15)27-20(11-24)16-7-8-17-18(9-16)26-13-25-17/h2-9,19-20H,10-13H2,1H3/t19-,20+/m0/s1. The van der Waals surface area contributed by atoms with Gasteiger partial charge < -0.3 is 18.7 Å². The van der Waals surface area contributed by atoms with Crippen molar-refractivity contribution in [3.8, 4) is 11.5 Å². The Morgan fingerprint density at radius 3 is 2.54 bits per heavy atom. The van der Waals surface area contributed by atoms with Gasteiger partial charge in [0.2, 0.25) is 12.7 Å². The van der Waals surface area contributed by atoms with Gasteiger partial charge in [0.15, 0.2) is 17.3 Å². The summed E-state index contributed by atoms with van der Waals surface area (Å²) in [6, 6.07) is 16.3. The zero-order valence-electron chi connectivity index (χ0n) is 15.6. The fourth-order valence-electron chi connectivity index (χ4n) is 3.71. The summed E-state index contributed by atoms with van der Waals surface area (Å²) in [5, 5.41) is 4.05. The van der Waals surface area contributed by atoms with Crippen molar-refractivity contribution in [2.75, 3.05) is 19.9 Å². The zero-order valence-corrected chi connectivity index (χ0v) is 15.6. The average molecular weight is 379 g/mol. The van der Waals surface area contributed by atoms with Crippen molar-refractivity contribution in [3.63, 3.8) is 0 Å². The first kappa shape index (κ1) is 17.2. The maximum Gasteiger partial charge on any atom is 0.231 e. The minimum atomic E-state index is -0.0959. The summed E-state index contributed by atoms with van der Waals surface area (Å²) in [7, 11) is 0. The Kier molecular flexibility index (Phi) is 4.46. The highest BCUT2D eigenvalue weighted by atomic mass is 16.7. The summed E-state index contributed by atoms with van der Waals surface area (Å²) in [6.07, 6.45) is -0.139. The normalized spacial score (nSPS) is 21.8. The molecular formula is C21H21N3O4. The van der Waals surface area contributed by atoms with E-state index in [0.29, 0.717) is 18.3 Å². The van der Waals surface area contributed by atoms with E-state index in [1.54, 1.807) is 6.92 Å². The van der Waals surface area contributed by atoms with E-state index in [-0.39, 0.29) is 19.0 Å². The molecule has 0 aliphatic carbocycles. The Morgan fingerprint density at radius 1 is 0.964 bits per heavy atom. The van der Waals surface area contributed by atoms with Crippen LogP contribution in [0.25, 0.3) is 0 Å². The number of benzene rings is 2. The number of nitrogens with zero attached hydrogens (tertiary/aromatic N) is 3. The van der Waals surface area contributed by atoms with E-state index >= 15 is 0 Å². The number of rotatable bonds is 4. The van der Waals surface area contributed by atoms with Gasteiger partial charge in [0.25, 0.3) is 0 Å². The molecule has 28 heavy (non-hydrogen) atoms. The van der Waals surface area contributed by atoms with E-state index in [1.165, 1.54) is 0 Å². The lowest BCUT2D eigenvalue weighted by molar-refractivity contribution is -0.0928. The van der Waals surface area contributed by atoms with Gasteiger partial charge in [-0.2, -0.15) is 4.98 Å². The quantitative estimate of drug-likeness (QED) is 0.688. The van der Waals surface area contributed by atoms with Crippen molar-refractivity contribution in [1.82, 2.24) is 15.0 Å². The molecule has 5 rings (SSSR count). The number of hydrogen-bond acceptors (Lipinski definition) is 7. The SMILES string of the molecule is Cc1nc(CN2C[C@@H](c3ccccc3)O[C@@H](c3ccc4c(c3)OCO4)C2)no1. The summed E-state index contributed by atoms with van der Waals surface area (Å²) >= 11 is 0. The average Bonchev–Trinajstić information content (AvgIpc) is 3.36. The molecule has 0 amide bonds. The molecule has 1 saturated heterocycles. The molecule has 7 heteroatoms.